The number of hydrogen-bond acceptors (Lipinski definition) is 4. The number of nitrogens with one attached hydrogen (secondary N) is 1. The van der Waals surface area contributed by atoms with Gasteiger partial charge >= 0.3 is 0 Å². The Morgan fingerprint density at radius 3 is 2.76 bits per heavy atom. The molecule has 2 heterocycles. The molecule has 1 unspecified atom stereocenters. The van der Waals surface area contributed by atoms with Gasteiger partial charge in [-0.3, -0.25) is 0 Å². The highest BCUT2D eigenvalue weighted by Crippen LogP contribution is 2.61. The lowest BCUT2D eigenvalue weighted by atomic mass is 9.81. The Morgan fingerprint density at radius 2 is 2.00 bits per heavy atom. The summed E-state index contributed by atoms with van der Waals surface area (Å²) in [6.07, 6.45) is 2.23. The fourth-order valence-electron chi connectivity index (χ4n) is 2.76. The third kappa shape index (κ3) is 1.89. The van der Waals surface area contributed by atoms with Crippen LogP contribution >= 0.6 is 33.3 Å². The van der Waals surface area contributed by atoms with Crippen LogP contribution in [0.2, 0.25) is 0 Å². The molecular formula is C13H17NS3. The molecule has 1 nitrogen and oxygen atoms in total. The Kier molecular flexibility index (Phi) is 3.08. The van der Waals surface area contributed by atoms with Gasteiger partial charge in [-0.15, -0.1) is 11.8 Å². The van der Waals surface area contributed by atoms with Gasteiger partial charge in [-0.2, -0.15) is 0 Å². The van der Waals surface area contributed by atoms with Crippen molar-refractivity contribution in [3.63, 3.8) is 0 Å². The summed E-state index contributed by atoms with van der Waals surface area (Å²) >= 11 is 2.00. The lowest BCUT2D eigenvalue weighted by Gasteiger charge is -2.43. The van der Waals surface area contributed by atoms with E-state index < -0.39 is 0 Å². The summed E-state index contributed by atoms with van der Waals surface area (Å²) in [4.78, 5) is 0. The van der Waals surface area contributed by atoms with Crippen LogP contribution < -0.4 is 5.32 Å². The number of hydrogen-bond donors (Lipinski definition) is 1. The van der Waals surface area contributed by atoms with E-state index in [1.165, 1.54) is 11.3 Å². The number of para-hydroxylation sites is 1. The van der Waals surface area contributed by atoms with Crippen LogP contribution in [0.15, 0.2) is 24.3 Å². The maximum Gasteiger partial charge on any atom is 0.0684 e. The van der Waals surface area contributed by atoms with Gasteiger partial charge in [0, 0.05) is 22.4 Å². The van der Waals surface area contributed by atoms with E-state index in [2.05, 4.69) is 71.3 Å². The molecule has 1 fully saturated rings. The Bertz CT molecular complexity index is 432. The molecule has 0 saturated carbocycles. The Morgan fingerprint density at radius 1 is 1.24 bits per heavy atom. The highest BCUT2D eigenvalue weighted by molar-refractivity contribution is 8.79. The highest BCUT2D eigenvalue weighted by atomic mass is 33.1. The minimum atomic E-state index is 0.182. The van der Waals surface area contributed by atoms with Crippen LogP contribution in [-0.2, 0) is 0 Å². The molecule has 0 amide bonds. The first-order valence-electron chi connectivity index (χ1n) is 5.85. The Labute approximate surface area is 115 Å². The second-order valence-electron chi connectivity index (χ2n) is 5.18. The Hall–Kier alpha value is 0.0700. The molecule has 2 aliphatic rings. The summed E-state index contributed by atoms with van der Waals surface area (Å²) in [5.74, 6) is 0.674. The van der Waals surface area contributed by atoms with Crippen LogP contribution in [0.5, 0.6) is 0 Å². The van der Waals surface area contributed by atoms with Crippen LogP contribution in [0.25, 0.3) is 0 Å². The van der Waals surface area contributed by atoms with Gasteiger partial charge in [-0.05, 0) is 31.7 Å². The topological polar surface area (TPSA) is 12.0 Å². The molecule has 0 bridgehead atoms. The molecule has 17 heavy (non-hydrogen) atoms. The number of fused-ring (bicyclic) bond motifs is 3. The van der Waals surface area contributed by atoms with Crippen LogP contribution in [0, 0.1) is 0 Å². The average molecular weight is 283 g/mol. The summed E-state index contributed by atoms with van der Waals surface area (Å²) in [7, 11) is 4.12. The maximum atomic E-state index is 3.71. The zero-order chi connectivity index (χ0) is 12.0. The summed E-state index contributed by atoms with van der Waals surface area (Å²) in [5, 5.41) is 4.38. The molecular weight excluding hydrogens is 266 g/mol. The zero-order valence-corrected chi connectivity index (χ0v) is 12.7. The van der Waals surface area contributed by atoms with Crippen LogP contribution in [0.3, 0.4) is 0 Å². The smallest absolute Gasteiger partial charge is 0.0684 e. The van der Waals surface area contributed by atoms with Crippen LogP contribution in [0.4, 0.5) is 5.69 Å². The lowest BCUT2D eigenvalue weighted by Crippen LogP contribution is -2.48. The minimum Gasteiger partial charge on any atom is -0.379 e. The fraction of sp³-hybridized carbons (Fsp3) is 0.538. The molecule has 0 aliphatic carbocycles. The number of anilines is 1. The molecule has 1 saturated heterocycles. The van der Waals surface area contributed by atoms with Gasteiger partial charge in [0.2, 0.25) is 0 Å². The summed E-state index contributed by atoms with van der Waals surface area (Å²) in [6.45, 7) is 4.66. The first-order chi connectivity index (χ1) is 8.13. The van der Waals surface area contributed by atoms with Gasteiger partial charge in [0.05, 0.1) is 4.58 Å². The van der Waals surface area contributed by atoms with Crippen molar-refractivity contribution in [1.29, 1.82) is 0 Å². The van der Waals surface area contributed by atoms with Crippen molar-refractivity contribution in [3.05, 3.63) is 29.8 Å². The van der Waals surface area contributed by atoms with Gasteiger partial charge < -0.3 is 5.32 Å². The molecule has 1 N–H and O–H groups in total. The van der Waals surface area contributed by atoms with Crippen LogP contribution in [-0.4, -0.2) is 21.6 Å². The first-order valence-corrected chi connectivity index (χ1v) is 9.42. The third-order valence-corrected chi connectivity index (χ3v) is 8.84. The molecule has 1 aromatic rings. The zero-order valence-electron chi connectivity index (χ0n) is 10.3. The van der Waals surface area contributed by atoms with Crippen molar-refractivity contribution in [2.45, 2.75) is 35.1 Å². The van der Waals surface area contributed by atoms with Gasteiger partial charge in [0.1, 0.15) is 0 Å². The second-order valence-corrected chi connectivity index (χ2v) is 9.01. The van der Waals surface area contributed by atoms with Gasteiger partial charge in [0.25, 0.3) is 0 Å². The molecule has 1 aromatic carbocycles. The van der Waals surface area contributed by atoms with E-state index in [9.17, 15) is 0 Å². The highest BCUT2D eigenvalue weighted by Gasteiger charge is 2.49. The average Bonchev–Trinajstić information content (AvgIpc) is 2.73. The minimum absolute atomic E-state index is 0.182. The van der Waals surface area contributed by atoms with Crippen molar-refractivity contribution >= 4 is 39.0 Å². The van der Waals surface area contributed by atoms with E-state index in [1.54, 1.807) is 0 Å². The van der Waals surface area contributed by atoms with E-state index in [0.717, 1.165) is 0 Å². The first kappa shape index (κ1) is 12.1. The van der Waals surface area contributed by atoms with Crippen molar-refractivity contribution in [2.24, 2.45) is 0 Å². The van der Waals surface area contributed by atoms with E-state index in [-0.39, 0.29) is 5.54 Å². The Balaban J connectivity index is 2.09. The quantitative estimate of drug-likeness (QED) is 0.765. The number of rotatable bonds is 1. The molecule has 92 valence electrons. The number of benzene rings is 1. The number of thioether (sulfide) groups is 1. The largest absolute Gasteiger partial charge is 0.379 e. The molecule has 2 aliphatic heterocycles. The van der Waals surface area contributed by atoms with Crippen molar-refractivity contribution in [1.82, 2.24) is 0 Å². The van der Waals surface area contributed by atoms with Crippen LogP contribution in [0.1, 0.15) is 25.3 Å². The molecule has 0 spiro atoms. The molecule has 3 atom stereocenters. The normalized spacial score (nSPS) is 33.7. The monoisotopic (exact) mass is 283 g/mol. The van der Waals surface area contributed by atoms with Gasteiger partial charge in [-0.25, -0.2) is 0 Å². The predicted octanol–water partition coefficient (Wildman–Crippen LogP) is 4.43. The van der Waals surface area contributed by atoms with Crippen molar-refractivity contribution in [2.75, 3.05) is 11.6 Å². The van der Waals surface area contributed by atoms with Gasteiger partial charge in [-0.1, -0.05) is 39.8 Å². The SMILES string of the molecule is CSC1SS[C@@H]2[C@H]1c1ccccc1NC2(C)C. The molecule has 0 radical (unpaired) electrons. The van der Waals surface area contributed by atoms with E-state index >= 15 is 0 Å². The van der Waals surface area contributed by atoms with E-state index in [4.69, 9.17) is 0 Å². The summed E-state index contributed by atoms with van der Waals surface area (Å²) < 4.78 is 0.688. The summed E-state index contributed by atoms with van der Waals surface area (Å²) in [5.41, 5.74) is 3.02. The lowest BCUT2D eigenvalue weighted by molar-refractivity contribution is 0.473. The predicted molar refractivity (Wildman–Crippen MR) is 83.2 cm³/mol. The third-order valence-electron chi connectivity index (χ3n) is 3.59. The summed E-state index contributed by atoms with van der Waals surface area (Å²) in [6, 6.07) is 8.82. The molecule has 3 rings (SSSR count). The standard InChI is InChI=1S/C13H17NS3/c1-13(2)11-10(12(15-3)17-16-11)8-6-4-5-7-9(8)14-13/h4-7,10-12,14H,1-3H3/t10-,11-,12?/m1/s1. The van der Waals surface area contributed by atoms with Crippen molar-refractivity contribution < 1.29 is 0 Å². The van der Waals surface area contributed by atoms with Gasteiger partial charge in [0.15, 0.2) is 0 Å². The van der Waals surface area contributed by atoms with Crippen molar-refractivity contribution in [3.8, 4) is 0 Å². The van der Waals surface area contributed by atoms with E-state index in [1.807, 2.05) is 11.8 Å². The van der Waals surface area contributed by atoms with E-state index in [0.29, 0.717) is 15.7 Å². The molecule has 4 heteroatoms. The molecule has 0 aromatic heterocycles. The maximum absolute atomic E-state index is 3.71. The fourth-order valence-corrected chi connectivity index (χ4v) is 8.49. The second kappa shape index (κ2) is 4.32.